The quantitative estimate of drug-likeness (QED) is 0.774. The molecular formula is C14H18N4O. The highest BCUT2D eigenvalue weighted by atomic mass is 16.2. The lowest BCUT2D eigenvalue weighted by Crippen LogP contribution is -2.54. The lowest BCUT2D eigenvalue weighted by Gasteiger charge is -2.39. The third-order valence-electron chi connectivity index (χ3n) is 4.94. The van der Waals surface area contributed by atoms with Gasteiger partial charge in [0.05, 0.1) is 0 Å². The van der Waals surface area contributed by atoms with Gasteiger partial charge in [0, 0.05) is 42.5 Å². The second-order valence-electron chi connectivity index (χ2n) is 6.02. The Kier molecular flexibility index (Phi) is 2.18. The minimum Gasteiger partial charge on any atom is -0.369 e. The van der Waals surface area contributed by atoms with E-state index in [0.717, 1.165) is 49.3 Å². The largest absolute Gasteiger partial charge is 0.369 e. The Bertz CT molecular complexity index is 558. The summed E-state index contributed by atoms with van der Waals surface area (Å²) in [5.41, 5.74) is 8.07. The van der Waals surface area contributed by atoms with Crippen LogP contribution >= 0.6 is 0 Å². The van der Waals surface area contributed by atoms with Crippen molar-refractivity contribution in [2.45, 2.75) is 24.8 Å². The summed E-state index contributed by atoms with van der Waals surface area (Å²) in [6, 6.07) is 1.84. The molecule has 19 heavy (non-hydrogen) atoms. The lowest BCUT2D eigenvalue weighted by molar-refractivity contribution is 0.0784. The van der Waals surface area contributed by atoms with E-state index in [4.69, 9.17) is 5.73 Å². The fraction of sp³-hybridized carbons (Fsp3) is 0.571. The van der Waals surface area contributed by atoms with Crippen LogP contribution < -0.4 is 11.1 Å². The van der Waals surface area contributed by atoms with Gasteiger partial charge in [0.2, 0.25) is 0 Å². The number of nitrogens with zero attached hydrogens (tertiary/aromatic N) is 2. The van der Waals surface area contributed by atoms with Gasteiger partial charge >= 0.3 is 0 Å². The predicted octanol–water partition coefficient (Wildman–Crippen LogP) is 0.613. The summed E-state index contributed by atoms with van der Waals surface area (Å²) in [5.74, 6) is 1.50. The molecule has 3 aliphatic rings. The summed E-state index contributed by atoms with van der Waals surface area (Å²) in [6.07, 6.45) is 4.82. The SMILES string of the molecule is N[C@]12CC[C@H]1CN(C(=O)c1ccnc3c1CCN3)C2. The van der Waals surface area contributed by atoms with Crippen LogP contribution in [0.2, 0.25) is 0 Å². The van der Waals surface area contributed by atoms with Crippen LogP contribution in [0.1, 0.15) is 28.8 Å². The van der Waals surface area contributed by atoms with Gasteiger partial charge in [-0.2, -0.15) is 0 Å². The number of rotatable bonds is 1. The first-order chi connectivity index (χ1) is 9.17. The van der Waals surface area contributed by atoms with Crippen molar-refractivity contribution in [3.63, 3.8) is 0 Å². The summed E-state index contributed by atoms with van der Waals surface area (Å²) >= 11 is 0. The maximum absolute atomic E-state index is 12.7. The summed E-state index contributed by atoms with van der Waals surface area (Å²) in [5, 5.41) is 3.22. The van der Waals surface area contributed by atoms with Crippen molar-refractivity contribution < 1.29 is 4.79 Å². The van der Waals surface area contributed by atoms with Crippen molar-refractivity contribution in [1.82, 2.24) is 9.88 Å². The van der Waals surface area contributed by atoms with Crippen LogP contribution in [0.15, 0.2) is 12.3 Å². The number of anilines is 1. The molecule has 100 valence electrons. The Hall–Kier alpha value is -1.62. The number of aromatic nitrogens is 1. The van der Waals surface area contributed by atoms with Crippen molar-refractivity contribution in [1.29, 1.82) is 0 Å². The van der Waals surface area contributed by atoms with E-state index in [1.165, 1.54) is 0 Å². The number of amides is 1. The van der Waals surface area contributed by atoms with Gasteiger partial charge in [-0.05, 0) is 31.2 Å². The highest BCUT2D eigenvalue weighted by Crippen LogP contribution is 2.43. The third-order valence-corrected chi connectivity index (χ3v) is 4.94. The minimum absolute atomic E-state index is 0.107. The molecule has 5 heteroatoms. The first-order valence-corrected chi connectivity index (χ1v) is 6.97. The van der Waals surface area contributed by atoms with E-state index in [1.54, 1.807) is 6.20 Å². The summed E-state index contributed by atoms with van der Waals surface area (Å²) < 4.78 is 0. The molecule has 1 saturated heterocycles. The van der Waals surface area contributed by atoms with Gasteiger partial charge in [-0.3, -0.25) is 4.79 Å². The van der Waals surface area contributed by atoms with Gasteiger partial charge in [-0.25, -0.2) is 4.98 Å². The zero-order chi connectivity index (χ0) is 13.0. The molecule has 0 radical (unpaired) electrons. The predicted molar refractivity (Wildman–Crippen MR) is 72.0 cm³/mol. The van der Waals surface area contributed by atoms with E-state index in [2.05, 4.69) is 10.3 Å². The number of hydrogen-bond donors (Lipinski definition) is 2. The second-order valence-corrected chi connectivity index (χ2v) is 6.02. The minimum atomic E-state index is -0.107. The molecule has 4 rings (SSSR count). The molecule has 1 aliphatic carbocycles. The van der Waals surface area contributed by atoms with Crippen LogP contribution in [0.4, 0.5) is 5.82 Å². The number of carbonyl (C=O) groups excluding carboxylic acids is 1. The average molecular weight is 258 g/mol. The van der Waals surface area contributed by atoms with E-state index in [-0.39, 0.29) is 11.4 Å². The number of hydrogen-bond acceptors (Lipinski definition) is 4. The Balaban J connectivity index is 1.63. The number of carbonyl (C=O) groups is 1. The molecule has 2 aliphatic heterocycles. The topological polar surface area (TPSA) is 71.2 Å². The Morgan fingerprint density at radius 2 is 2.47 bits per heavy atom. The summed E-state index contributed by atoms with van der Waals surface area (Å²) in [4.78, 5) is 18.9. The highest BCUT2D eigenvalue weighted by molar-refractivity contribution is 5.97. The Morgan fingerprint density at radius 1 is 1.58 bits per heavy atom. The molecule has 1 saturated carbocycles. The van der Waals surface area contributed by atoms with Crippen molar-refractivity contribution in [2.75, 3.05) is 25.0 Å². The zero-order valence-corrected chi connectivity index (χ0v) is 10.9. The van der Waals surface area contributed by atoms with E-state index < -0.39 is 0 Å². The van der Waals surface area contributed by atoms with Crippen molar-refractivity contribution >= 4 is 11.7 Å². The van der Waals surface area contributed by atoms with Crippen LogP contribution in [0.25, 0.3) is 0 Å². The fourth-order valence-corrected chi connectivity index (χ4v) is 3.62. The zero-order valence-electron chi connectivity index (χ0n) is 10.9. The fourth-order valence-electron chi connectivity index (χ4n) is 3.62. The summed E-state index contributed by atoms with van der Waals surface area (Å²) in [6.45, 7) is 2.40. The van der Waals surface area contributed by atoms with Gasteiger partial charge < -0.3 is 16.0 Å². The first kappa shape index (κ1) is 11.2. The van der Waals surface area contributed by atoms with Crippen molar-refractivity contribution in [2.24, 2.45) is 11.7 Å². The monoisotopic (exact) mass is 258 g/mol. The molecule has 1 aromatic rings. The molecule has 2 fully saturated rings. The molecular weight excluding hydrogens is 240 g/mol. The molecule has 0 spiro atoms. The number of nitrogens with one attached hydrogen (secondary N) is 1. The van der Waals surface area contributed by atoms with E-state index in [0.29, 0.717) is 12.5 Å². The van der Waals surface area contributed by atoms with Crippen LogP contribution in [0, 0.1) is 5.92 Å². The van der Waals surface area contributed by atoms with Crippen molar-refractivity contribution in [3.8, 4) is 0 Å². The maximum Gasteiger partial charge on any atom is 0.254 e. The second kappa shape index (κ2) is 3.70. The normalized spacial score (nSPS) is 31.4. The van der Waals surface area contributed by atoms with Crippen LogP contribution in [-0.2, 0) is 6.42 Å². The van der Waals surface area contributed by atoms with Gasteiger partial charge in [0.1, 0.15) is 5.82 Å². The molecule has 1 aromatic heterocycles. The van der Waals surface area contributed by atoms with Gasteiger partial charge in [0.25, 0.3) is 5.91 Å². The molecule has 2 atom stereocenters. The smallest absolute Gasteiger partial charge is 0.254 e. The molecule has 3 heterocycles. The number of likely N-dealkylation sites (tertiary alicyclic amines) is 1. The molecule has 0 bridgehead atoms. The van der Waals surface area contributed by atoms with E-state index >= 15 is 0 Å². The molecule has 3 N–H and O–H groups in total. The maximum atomic E-state index is 12.7. The first-order valence-electron chi connectivity index (χ1n) is 6.97. The molecule has 0 aromatic carbocycles. The van der Waals surface area contributed by atoms with Gasteiger partial charge in [-0.15, -0.1) is 0 Å². The van der Waals surface area contributed by atoms with Crippen LogP contribution in [0.5, 0.6) is 0 Å². The van der Waals surface area contributed by atoms with Gasteiger partial charge in [-0.1, -0.05) is 0 Å². The average Bonchev–Trinajstić information content (AvgIpc) is 2.96. The van der Waals surface area contributed by atoms with Crippen LogP contribution in [0.3, 0.4) is 0 Å². The van der Waals surface area contributed by atoms with Gasteiger partial charge in [0.15, 0.2) is 0 Å². The lowest BCUT2D eigenvalue weighted by atomic mass is 9.70. The van der Waals surface area contributed by atoms with E-state index in [9.17, 15) is 4.79 Å². The molecule has 1 amide bonds. The van der Waals surface area contributed by atoms with Crippen molar-refractivity contribution in [3.05, 3.63) is 23.4 Å². The summed E-state index contributed by atoms with van der Waals surface area (Å²) in [7, 11) is 0. The molecule has 0 unspecified atom stereocenters. The molecule has 5 nitrogen and oxygen atoms in total. The van der Waals surface area contributed by atoms with Crippen LogP contribution in [-0.4, -0.2) is 41.0 Å². The Morgan fingerprint density at radius 3 is 3.16 bits per heavy atom. The number of fused-ring (bicyclic) bond motifs is 2. The number of pyridine rings is 1. The Labute approximate surface area is 112 Å². The van der Waals surface area contributed by atoms with E-state index in [1.807, 2.05) is 11.0 Å². The highest BCUT2D eigenvalue weighted by Gasteiger charge is 2.51. The standard InChI is InChI=1S/C14H18N4O/c15-14-4-1-9(14)7-18(8-14)13(19)11-3-6-17-12-10(11)2-5-16-12/h3,6,9H,1-2,4-5,7-8,15H2,(H,16,17)/t9-,14-/m0/s1. The third kappa shape index (κ3) is 1.51. The number of nitrogens with two attached hydrogens (primary N) is 1.